The molecule has 2 aliphatic carbocycles. The minimum absolute atomic E-state index is 0.262. The molecule has 2 radical (unpaired) electrons. The Balaban J connectivity index is 1.93. The van der Waals surface area contributed by atoms with E-state index in [0.29, 0.717) is 0 Å². The van der Waals surface area contributed by atoms with E-state index in [0.717, 1.165) is 25.4 Å². The van der Waals surface area contributed by atoms with E-state index in [9.17, 15) is 0 Å². The highest BCUT2D eigenvalue weighted by atomic mass is 16.7. The van der Waals surface area contributed by atoms with Gasteiger partial charge in [-0.2, -0.15) is 0 Å². The standard InChI is InChI=1S/C12H19BO2/c13-15-12-7-3-6-11(12,8-9-14-12)10-4-1-2-5-10/h10H,1-9H2. The van der Waals surface area contributed by atoms with Crippen molar-refractivity contribution in [2.45, 2.75) is 57.2 Å². The highest BCUT2D eigenvalue weighted by Crippen LogP contribution is 2.62. The first kappa shape index (κ1) is 10.2. The van der Waals surface area contributed by atoms with Crippen LogP contribution in [0.4, 0.5) is 0 Å². The summed E-state index contributed by atoms with van der Waals surface area (Å²) in [5.74, 6) is 0.383. The van der Waals surface area contributed by atoms with Crippen LogP contribution in [0.1, 0.15) is 51.4 Å². The Labute approximate surface area is 93.1 Å². The molecule has 0 aromatic heterocycles. The van der Waals surface area contributed by atoms with E-state index in [-0.39, 0.29) is 5.41 Å². The largest absolute Gasteiger partial charge is 0.422 e. The molecule has 0 N–H and O–H groups in total. The first-order chi connectivity index (χ1) is 7.33. The van der Waals surface area contributed by atoms with Gasteiger partial charge in [0.1, 0.15) is 0 Å². The van der Waals surface area contributed by atoms with Gasteiger partial charge in [-0.3, -0.25) is 0 Å². The maximum atomic E-state index is 5.88. The monoisotopic (exact) mass is 206 g/mol. The van der Waals surface area contributed by atoms with Crippen molar-refractivity contribution < 1.29 is 9.39 Å². The van der Waals surface area contributed by atoms with Gasteiger partial charge in [0.15, 0.2) is 5.79 Å². The molecule has 2 unspecified atom stereocenters. The summed E-state index contributed by atoms with van der Waals surface area (Å²) in [6, 6.07) is 0. The summed E-state index contributed by atoms with van der Waals surface area (Å²) in [7, 11) is 5.54. The Bertz CT molecular complexity index is 238. The maximum Gasteiger partial charge on any atom is 0.286 e. The van der Waals surface area contributed by atoms with Crippen molar-refractivity contribution in [1.29, 1.82) is 0 Å². The van der Waals surface area contributed by atoms with Crippen LogP contribution in [0.3, 0.4) is 0 Å². The van der Waals surface area contributed by atoms with E-state index >= 15 is 0 Å². The van der Waals surface area contributed by atoms with Crippen molar-refractivity contribution in [2.24, 2.45) is 11.3 Å². The summed E-state index contributed by atoms with van der Waals surface area (Å²) in [5.41, 5.74) is 0.262. The van der Waals surface area contributed by atoms with Gasteiger partial charge in [-0.25, -0.2) is 0 Å². The van der Waals surface area contributed by atoms with Crippen LogP contribution in [0.15, 0.2) is 0 Å². The van der Waals surface area contributed by atoms with Crippen molar-refractivity contribution >= 4 is 8.05 Å². The molecule has 2 nitrogen and oxygen atoms in total. The molecule has 3 aliphatic rings. The summed E-state index contributed by atoms with van der Waals surface area (Å²) in [6.45, 7) is 0.841. The maximum absolute atomic E-state index is 5.88. The van der Waals surface area contributed by atoms with Gasteiger partial charge in [0, 0.05) is 11.8 Å². The quantitative estimate of drug-likeness (QED) is 0.646. The fraction of sp³-hybridized carbons (Fsp3) is 1.00. The molecule has 1 saturated heterocycles. The molecule has 2 atom stereocenters. The van der Waals surface area contributed by atoms with Crippen molar-refractivity contribution in [1.82, 2.24) is 0 Å². The normalized spacial score (nSPS) is 46.1. The lowest BCUT2D eigenvalue weighted by Gasteiger charge is -2.43. The van der Waals surface area contributed by atoms with E-state index < -0.39 is 5.79 Å². The van der Waals surface area contributed by atoms with Crippen LogP contribution in [-0.4, -0.2) is 20.4 Å². The number of hydrogen-bond acceptors (Lipinski definition) is 2. The predicted octanol–water partition coefficient (Wildman–Crippen LogP) is 2.56. The molecule has 0 aromatic carbocycles. The third kappa shape index (κ3) is 1.20. The summed E-state index contributed by atoms with van der Waals surface area (Å²) >= 11 is 0. The first-order valence-corrected chi connectivity index (χ1v) is 6.35. The zero-order chi connectivity index (χ0) is 10.4. The lowest BCUT2D eigenvalue weighted by molar-refractivity contribution is -0.203. The molecule has 82 valence electrons. The minimum Gasteiger partial charge on any atom is -0.422 e. The van der Waals surface area contributed by atoms with E-state index in [4.69, 9.17) is 17.4 Å². The van der Waals surface area contributed by atoms with Crippen LogP contribution in [0.25, 0.3) is 0 Å². The molecule has 1 aliphatic heterocycles. The van der Waals surface area contributed by atoms with Gasteiger partial charge in [-0.15, -0.1) is 0 Å². The Kier molecular flexibility index (Phi) is 2.37. The molecule has 0 amide bonds. The van der Waals surface area contributed by atoms with Crippen LogP contribution in [-0.2, 0) is 9.39 Å². The Morgan fingerprint density at radius 1 is 1.07 bits per heavy atom. The minimum atomic E-state index is -0.415. The summed E-state index contributed by atoms with van der Waals surface area (Å²) in [4.78, 5) is 0. The van der Waals surface area contributed by atoms with Gasteiger partial charge in [-0.1, -0.05) is 12.8 Å². The molecular formula is C12H19BO2. The highest BCUT2D eigenvalue weighted by Gasteiger charge is 2.62. The number of fused-ring (bicyclic) bond motifs is 1. The zero-order valence-corrected chi connectivity index (χ0v) is 9.34. The molecular weight excluding hydrogens is 187 g/mol. The molecule has 0 aromatic rings. The Hall–Kier alpha value is -0.0151. The lowest BCUT2D eigenvalue weighted by Crippen LogP contribution is -2.46. The van der Waals surface area contributed by atoms with Crippen LogP contribution in [0, 0.1) is 11.3 Å². The Morgan fingerprint density at radius 2 is 1.87 bits per heavy atom. The van der Waals surface area contributed by atoms with Gasteiger partial charge in [0.05, 0.1) is 6.61 Å². The SMILES string of the molecule is [B]OC12CCCC1(C1CCCC1)CCO2. The lowest BCUT2D eigenvalue weighted by atomic mass is 9.68. The smallest absolute Gasteiger partial charge is 0.286 e. The van der Waals surface area contributed by atoms with Crippen molar-refractivity contribution in [3.05, 3.63) is 0 Å². The second-order valence-electron chi connectivity index (χ2n) is 5.46. The fourth-order valence-electron chi connectivity index (χ4n) is 4.41. The van der Waals surface area contributed by atoms with Crippen LogP contribution in [0.2, 0.25) is 0 Å². The van der Waals surface area contributed by atoms with E-state index in [1.165, 1.54) is 38.5 Å². The van der Waals surface area contributed by atoms with Crippen LogP contribution >= 0.6 is 0 Å². The number of rotatable bonds is 2. The Morgan fingerprint density at radius 3 is 2.60 bits per heavy atom. The van der Waals surface area contributed by atoms with Gasteiger partial charge >= 0.3 is 0 Å². The van der Waals surface area contributed by atoms with Crippen molar-refractivity contribution in [3.63, 3.8) is 0 Å². The topological polar surface area (TPSA) is 18.5 Å². The number of ether oxygens (including phenoxy) is 1. The first-order valence-electron chi connectivity index (χ1n) is 6.35. The average Bonchev–Trinajstić information content (AvgIpc) is 2.91. The molecule has 15 heavy (non-hydrogen) atoms. The molecule has 2 saturated carbocycles. The predicted molar refractivity (Wildman–Crippen MR) is 58.4 cm³/mol. The van der Waals surface area contributed by atoms with Crippen LogP contribution in [0.5, 0.6) is 0 Å². The molecule has 1 heterocycles. The summed E-state index contributed by atoms with van der Waals surface area (Å²) in [6.07, 6.45) is 10.1. The second-order valence-corrected chi connectivity index (χ2v) is 5.46. The highest BCUT2D eigenvalue weighted by molar-refractivity contribution is 5.98. The average molecular weight is 206 g/mol. The third-order valence-corrected chi connectivity index (χ3v) is 5.10. The zero-order valence-electron chi connectivity index (χ0n) is 9.34. The van der Waals surface area contributed by atoms with Gasteiger partial charge in [0.25, 0.3) is 8.05 Å². The van der Waals surface area contributed by atoms with Crippen molar-refractivity contribution in [2.75, 3.05) is 6.61 Å². The summed E-state index contributed by atoms with van der Waals surface area (Å²) in [5, 5.41) is 0. The second kappa shape index (κ2) is 3.49. The molecule has 3 heteroatoms. The molecule has 3 fully saturated rings. The molecule has 3 rings (SSSR count). The van der Waals surface area contributed by atoms with Gasteiger partial charge in [0.2, 0.25) is 0 Å². The third-order valence-electron chi connectivity index (χ3n) is 5.10. The summed E-state index contributed by atoms with van der Waals surface area (Å²) < 4.78 is 11.2. The fourth-order valence-corrected chi connectivity index (χ4v) is 4.41. The molecule has 0 bridgehead atoms. The van der Waals surface area contributed by atoms with Crippen LogP contribution < -0.4 is 0 Å². The van der Waals surface area contributed by atoms with E-state index in [1.54, 1.807) is 0 Å². The molecule has 0 spiro atoms. The van der Waals surface area contributed by atoms with Crippen molar-refractivity contribution in [3.8, 4) is 0 Å². The van der Waals surface area contributed by atoms with E-state index in [2.05, 4.69) is 0 Å². The van der Waals surface area contributed by atoms with Gasteiger partial charge < -0.3 is 9.39 Å². The van der Waals surface area contributed by atoms with E-state index in [1.807, 2.05) is 0 Å². The number of hydrogen-bond donors (Lipinski definition) is 0. The van der Waals surface area contributed by atoms with Gasteiger partial charge in [-0.05, 0) is 38.0 Å².